The van der Waals surface area contributed by atoms with Crippen LogP contribution in [0.25, 0.3) is 10.6 Å². The fourth-order valence-corrected chi connectivity index (χ4v) is 4.63. The third-order valence-electron chi connectivity index (χ3n) is 4.87. The number of carbonyl (C=O) groups excluding carboxylic acids is 1. The van der Waals surface area contributed by atoms with Gasteiger partial charge in [-0.1, -0.05) is 35.3 Å². The number of benzene rings is 2. The topological polar surface area (TPSA) is 48.9 Å². The predicted octanol–water partition coefficient (Wildman–Crippen LogP) is 5.50. The maximum absolute atomic E-state index is 14.1. The lowest BCUT2D eigenvalue weighted by Gasteiger charge is -2.28. The molecule has 1 saturated heterocycles. The zero-order valence-corrected chi connectivity index (χ0v) is 19.1. The van der Waals surface area contributed by atoms with Crippen LogP contribution in [0.3, 0.4) is 0 Å². The molecular weight excluding hydrogens is 462 g/mol. The number of carbonyl (C=O) groups is 1. The standard InChI is InChI=1S/C21H19Cl2FN4O2S/c1-26-11-27(28(12-26)21(29)30-2)19-8-13(6-7-17(19)23)20-25-14(10-31-20)9-15-16(22)4-3-5-18(15)24/h3-8,10H,9,11-12H2,1-2H3. The van der Waals surface area contributed by atoms with Crippen molar-refractivity contribution in [1.29, 1.82) is 0 Å². The van der Waals surface area contributed by atoms with Gasteiger partial charge in [0.2, 0.25) is 0 Å². The van der Waals surface area contributed by atoms with Gasteiger partial charge in [-0.15, -0.1) is 11.3 Å². The number of methoxy groups -OCH3 is 1. The number of rotatable bonds is 4. The van der Waals surface area contributed by atoms with Gasteiger partial charge < -0.3 is 4.74 Å². The normalized spacial score (nSPS) is 14.4. The van der Waals surface area contributed by atoms with Gasteiger partial charge in [-0.25, -0.2) is 19.2 Å². The fourth-order valence-electron chi connectivity index (χ4n) is 3.37. The van der Waals surface area contributed by atoms with Crippen molar-refractivity contribution in [1.82, 2.24) is 14.9 Å². The number of hydrogen-bond acceptors (Lipinski definition) is 6. The summed E-state index contributed by atoms with van der Waals surface area (Å²) in [6.07, 6.45) is -0.167. The smallest absolute Gasteiger partial charge is 0.429 e. The average molecular weight is 481 g/mol. The van der Waals surface area contributed by atoms with Crippen molar-refractivity contribution >= 4 is 46.3 Å². The second kappa shape index (κ2) is 9.00. The van der Waals surface area contributed by atoms with Crippen LogP contribution in [-0.2, 0) is 11.2 Å². The lowest BCUT2D eigenvalue weighted by atomic mass is 10.1. The van der Waals surface area contributed by atoms with E-state index in [0.29, 0.717) is 41.1 Å². The van der Waals surface area contributed by atoms with E-state index < -0.39 is 6.09 Å². The highest BCUT2D eigenvalue weighted by atomic mass is 35.5. The van der Waals surface area contributed by atoms with Crippen LogP contribution < -0.4 is 5.01 Å². The van der Waals surface area contributed by atoms with Crippen molar-refractivity contribution < 1.29 is 13.9 Å². The van der Waals surface area contributed by atoms with E-state index in [9.17, 15) is 9.18 Å². The van der Waals surface area contributed by atoms with Crippen LogP contribution >= 0.6 is 34.5 Å². The Morgan fingerprint density at radius 1 is 1.23 bits per heavy atom. The Kier molecular flexibility index (Phi) is 6.34. The first-order chi connectivity index (χ1) is 14.9. The highest BCUT2D eigenvalue weighted by molar-refractivity contribution is 7.13. The zero-order valence-electron chi connectivity index (χ0n) is 16.8. The Morgan fingerprint density at radius 3 is 2.77 bits per heavy atom. The summed E-state index contributed by atoms with van der Waals surface area (Å²) in [6, 6.07) is 10.2. The van der Waals surface area contributed by atoms with E-state index in [4.69, 9.17) is 27.9 Å². The lowest BCUT2D eigenvalue weighted by Crippen LogP contribution is -2.41. The third kappa shape index (κ3) is 4.48. The lowest BCUT2D eigenvalue weighted by molar-refractivity contribution is 0.123. The number of amides is 1. The molecule has 10 heteroatoms. The summed E-state index contributed by atoms with van der Waals surface area (Å²) in [4.78, 5) is 18.8. The second-order valence-corrected chi connectivity index (χ2v) is 8.77. The maximum atomic E-state index is 14.1. The van der Waals surface area contributed by atoms with E-state index in [1.807, 2.05) is 29.5 Å². The van der Waals surface area contributed by atoms with Crippen LogP contribution in [0.15, 0.2) is 41.8 Å². The molecule has 0 aliphatic carbocycles. The first kappa shape index (κ1) is 21.8. The molecule has 0 radical (unpaired) electrons. The maximum Gasteiger partial charge on any atom is 0.429 e. The van der Waals surface area contributed by atoms with Gasteiger partial charge in [0.05, 0.1) is 36.9 Å². The summed E-state index contributed by atoms with van der Waals surface area (Å²) >= 11 is 14.1. The number of thiazole rings is 1. The largest absolute Gasteiger partial charge is 0.451 e. The van der Waals surface area contributed by atoms with E-state index >= 15 is 0 Å². The molecule has 162 valence electrons. The van der Waals surface area contributed by atoms with Crippen LogP contribution in [0.4, 0.5) is 14.9 Å². The van der Waals surface area contributed by atoms with E-state index in [1.165, 1.54) is 29.5 Å². The van der Waals surface area contributed by atoms with Crippen LogP contribution in [0.1, 0.15) is 11.3 Å². The number of halogens is 3. The molecule has 0 bridgehead atoms. The molecule has 31 heavy (non-hydrogen) atoms. The Labute approximate surface area is 193 Å². The molecule has 3 aromatic rings. The van der Waals surface area contributed by atoms with E-state index in [1.54, 1.807) is 23.2 Å². The molecular formula is C21H19Cl2FN4O2S. The van der Waals surface area contributed by atoms with Crippen LogP contribution in [0.5, 0.6) is 0 Å². The summed E-state index contributed by atoms with van der Waals surface area (Å²) in [5.41, 5.74) is 2.66. The molecule has 0 unspecified atom stereocenters. The number of ether oxygens (including phenoxy) is 1. The van der Waals surface area contributed by atoms with Crippen molar-refractivity contribution in [2.45, 2.75) is 6.42 Å². The molecule has 2 aromatic carbocycles. The minimum atomic E-state index is -0.468. The number of nitrogens with zero attached hydrogens (tertiary/aromatic N) is 4. The highest BCUT2D eigenvalue weighted by Gasteiger charge is 2.32. The second-order valence-electron chi connectivity index (χ2n) is 7.10. The van der Waals surface area contributed by atoms with Crippen molar-refractivity contribution in [3.63, 3.8) is 0 Å². The first-order valence-corrected chi connectivity index (χ1v) is 11.0. The van der Waals surface area contributed by atoms with Gasteiger partial charge in [-0.2, -0.15) is 0 Å². The molecule has 1 aromatic heterocycles. The first-order valence-electron chi connectivity index (χ1n) is 9.36. The van der Waals surface area contributed by atoms with Crippen LogP contribution in [0, 0.1) is 5.82 Å². The van der Waals surface area contributed by atoms with Crippen molar-refractivity contribution in [2.24, 2.45) is 0 Å². The molecule has 1 fully saturated rings. The van der Waals surface area contributed by atoms with Crippen LogP contribution in [0.2, 0.25) is 10.0 Å². The van der Waals surface area contributed by atoms with Gasteiger partial charge in [-0.3, -0.25) is 9.91 Å². The number of hydrazine groups is 1. The molecule has 1 aliphatic heterocycles. The third-order valence-corrected chi connectivity index (χ3v) is 6.48. The monoisotopic (exact) mass is 480 g/mol. The molecule has 0 saturated carbocycles. The molecule has 0 atom stereocenters. The summed E-state index contributed by atoms with van der Waals surface area (Å²) in [7, 11) is 3.24. The fraction of sp³-hybridized carbons (Fsp3) is 0.238. The van der Waals surface area contributed by atoms with Crippen LogP contribution in [-0.4, -0.2) is 48.5 Å². The molecule has 1 aliphatic rings. The minimum Gasteiger partial charge on any atom is -0.451 e. The Morgan fingerprint density at radius 2 is 2.03 bits per heavy atom. The Hall–Kier alpha value is -2.39. The van der Waals surface area contributed by atoms with Gasteiger partial charge in [0, 0.05) is 28.0 Å². The minimum absolute atomic E-state index is 0.301. The van der Waals surface area contributed by atoms with Gasteiger partial charge in [-0.05, 0) is 31.3 Å². The molecule has 1 amide bonds. The van der Waals surface area contributed by atoms with Crippen molar-refractivity contribution in [3.05, 3.63) is 68.9 Å². The molecule has 2 heterocycles. The summed E-state index contributed by atoms with van der Waals surface area (Å²) < 4.78 is 19.0. The van der Waals surface area contributed by atoms with Gasteiger partial charge in [0.1, 0.15) is 10.8 Å². The molecule has 0 N–H and O–H groups in total. The Bertz CT molecular complexity index is 1110. The quantitative estimate of drug-likeness (QED) is 0.493. The van der Waals surface area contributed by atoms with Gasteiger partial charge in [0.25, 0.3) is 0 Å². The summed E-state index contributed by atoms with van der Waals surface area (Å²) in [5, 5.41) is 6.78. The predicted molar refractivity (Wildman–Crippen MR) is 121 cm³/mol. The summed E-state index contributed by atoms with van der Waals surface area (Å²) in [5.74, 6) is -0.350. The number of hydrogen-bond donors (Lipinski definition) is 0. The highest BCUT2D eigenvalue weighted by Crippen LogP contribution is 2.35. The average Bonchev–Trinajstić information content (AvgIpc) is 3.37. The molecule has 6 nitrogen and oxygen atoms in total. The van der Waals surface area contributed by atoms with E-state index in [2.05, 4.69) is 4.98 Å². The SMILES string of the molecule is COC(=O)N1CN(C)CN1c1cc(-c2nc(Cc3c(F)cccc3Cl)cs2)ccc1Cl. The molecule has 4 rings (SSSR count). The van der Waals surface area contributed by atoms with E-state index in [0.717, 1.165) is 16.3 Å². The van der Waals surface area contributed by atoms with Crippen molar-refractivity contribution in [3.8, 4) is 10.6 Å². The van der Waals surface area contributed by atoms with Gasteiger partial charge >= 0.3 is 6.09 Å². The van der Waals surface area contributed by atoms with Crippen molar-refractivity contribution in [2.75, 3.05) is 32.5 Å². The zero-order chi connectivity index (χ0) is 22.1. The summed E-state index contributed by atoms with van der Waals surface area (Å²) in [6.45, 7) is 0.866. The number of aromatic nitrogens is 1. The molecule has 0 spiro atoms. The van der Waals surface area contributed by atoms with E-state index in [-0.39, 0.29) is 5.82 Å². The Balaban J connectivity index is 1.63. The number of anilines is 1. The van der Waals surface area contributed by atoms with Gasteiger partial charge in [0.15, 0.2) is 0 Å².